The number of hydrogen-bond donors (Lipinski definition) is 0. The zero-order valence-corrected chi connectivity index (χ0v) is 11.5. The maximum Gasteiger partial charge on any atom is 0.227 e. The van der Waals surface area contributed by atoms with Gasteiger partial charge in [0.1, 0.15) is 5.78 Å². The fraction of sp³-hybridized carbons (Fsp3) is 0.571. The van der Waals surface area contributed by atoms with Crippen LogP contribution in [0, 0.1) is 5.92 Å². The van der Waals surface area contributed by atoms with E-state index in [2.05, 4.69) is 0 Å². The van der Waals surface area contributed by atoms with Gasteiger partial charge >= 0.3 is 0 Å². The number of carbonyl (C=O) groups is 2. The van der Waals surface area contributed by atoms with Crippen LogP contribution in [0.2, 0.25) is 0 Å². The zero-order valence-electron chi connectivity index (χ0n) is 10.7. The molecule has 1 amide bonds. The second kappa shape index (κ2) is 6.14. The molecule has 1 unspecified atom stereocenters. The van der Waals surface area contributed by atoms with Gasteiger partial charge in [-0.1, -0.05) is 13.0 Å². The number of ketones is 1. The Balaban J connectivity index is 1.92. The first-order valence-electron chi connectivity index (χ1n) is 6.53. The summed E-state index contributed by atoms with van der Waals surface area (Å²) in [5, 5.41) is 1.99. The minimum absolute atomic E-state index is 0.0658. The van der Waals surface area contributed by atoms with Crippen LogP contribution in [0.5, 0.6) is 0 Å². The standard InChI is InChI=1S/C14H19NO2S/c1-2-13(16)11-5-3-7-15(10-11)14(17)9-12-6-4-8-18-12/h4,6,8,11H,2-3,5,7,9-10H2,1H3. The highest BCUT2D eigenvalue weighted by atomic mass is 32.1. The van der Waals surface area contributed by atoms with E-state index in [0.29, 0.717) is 25.2 Å². The Morgan fingerprint density at radius 2 is 2.33 bits per heavy atom. The molecular weight excluding hydrogens is 246 g/mol. The molecule has 18 heavy (non-hydrogen) atoms. The third kappa shape index (κ3) is 3.19. The highest BCUT2D eigenvalue weighted by Gasteiger charge is 2.27. The van der Waals surface area contributed by atoms with Crippen LogP contribution >= 0.6 is 11.3 Å². The van der Waals surface area contributed by atoms with Crippen LogP contribution in [-0.4, -0.2) is 29.7 Å². The van der Waals surface area contributed by atoms with Gasteiger partial charge in [-0.25, -0.2) is 0 Å². The number of carbonyl (C=O) groups excluding carboxylic acids is 2. The van der Waals surface area contributed by atoms with Crippen LogP contribution in [0.3, 0.4) is 0 Å². The van der Waals surface area contributed by atoms with Crippen molar-refractivity contribution >= 4 is 23.0 Å². The predicted octanol–water partition coefficient (Wildman–Crippen LogP) is 2.51. The number of thiophene rings is 1. The summed E-state index contributed by atoms with van der Waals surface area (Å²) in [4.78, 5) is 26.8. The van der Waals surface area contributed by atoms with E-state index in [1.54, 1.807) is 11.3 Å². The molecule has 2 heterocycles. The van der Waals surface area contributed by atoms with Gasteiger partial charge < -0.3 is 4.90 Å². The molecule has 1 fully saturated rings. The average Bonchev–Trinajstić information content (AvgIpc) is 2.90. The number of nitrogens with zero attached hydrogens (tertiary/aromatic N) is 1. The highest BCUT2D eigenvalue weighted by Crippen LogP contribution is 2.20. The van der Waals surface area contributed by atoms with Crippen molar-refractivity contribution in [2.75, 3.05) is 13.1 Å². The van der Waals surface area contributed by atoms with Crippen LogP contribution in [0.15, 0.2) is 17.5 Å². The van der Waals surface area contributed by atoms with E-state index in [4.69, 9.17) is 0 Å². The number of amides is 1. The third-order valence-corrected chi connectivity index (χ3v) is 4.36. The molecule has 98 valence electrons. The Morgan fingerprint density at radius 1 is 1.50 bits per heavy atom. The van der Waals surface area contributed by atoms with Crippen molar-refractivity contribution in [3.63, 3.8) is 0 Å². The summed E-state index contributed by atoms with van der Waals surface area (Å²) in [5.74, 6) is 0.519. The first-order chi connectivity index (χ1) is 8.70. The summed E-state index contributed by atoms with van der Waals surface area (Å²) in [6.45, 7) is 3.32. The fourth-order valence-electron chi connectivity index (χ4n) is 2.43. The summed E-state index contributed by atoms with van der Waals surface area (Å²) in [6, 6.07) is 3.95. The quantitative estimate of drug-likeness (QED) is 0.839. The monoisotopic (exact) mass is 265 g/mol. The van der Waals surface area contributed by atoms with Gasteiger partial charge in [-0.15, -0.1) is 11.3 Å². The summed E-state index contributed by atoms with van der Waals surface area (Å²) in [5.41, 5.74) is 0. The SMILES string of the molecule is CCC(=O)C1CCCN(C(=O)Cc2cccs2)C1. The number of Topliss-reactive ketones (excluding diaryl/α,β-unsaturated/α-hetero) is 1. The van der Waals surface area contributed by atoms with E-state index >= 15 is 0 Å². The van der Waals surface area contributed by atoms with Crippen molar-refractivity contribution in [1.82, 2.24) is 4.90 Å². The molecule has 0 radical (unpaired) electrons. The van der Waals surface area contributed by atoms with Crippen LogP contribution in [0.4, 0.5) is 0 Å². The van der Waals surface area contributed by atoms with Gasteiger partial charge in [0, 0.05) is 30.3 Å². The molecular formula is C14H19NO2S. The number of hydrogen-bond acceptors (Lipinski definition) is 3. The molecule has 1 aliphatic heterocycles. The van der Waals surface area contributed by atoms with Crippen molar-refractivity contribution in [3.05, 3.63) is 22.4 Å². The van der Waals surface area contributed by atoms with Crippen molar-refractivity contribution in [3.8, 4) is 0 Å². The van der Waals surface area contributed by atoms with E-state index < -0.39 is 0 Å². The molecule has 0 aliphatic carbocycles. The second-order valence-corrected chi connectivity index (χ2v) is 5.79. The largest absolute Gasteiger partial charge is 0.342 e. The van der Waals surface area contributed by atoms with Crippen molar-refractivity contribution in [1.29, 1.82) is 0 Å². The van der Waals surface area contributed by atoms with Gasteiger partial charge in [-0.2, -0.15) is 0 Å². The summed E-state index contributed by atoms with van der Waals surface area (Å²) in [7, 11) is 0. The maximum atomic E-state index is 12.1. The Kier molecular flexibility index (Phi) is 4.53. The van der Waals surface area contributed by atoms with Crippen LogP contribution in [0.1, 0.15) is 31.1 Å². The smallest absolute Gasteiger partial charge is 0.227 e. The van der Waals surface area contributed by atoms with Crippen LogP contribution in [0.25, 0.3) is 0 Å². The van der Waals surface area contributed by atoms with Crippen LogP contribution < -0.4 is 0 Å². The molecule has 3 nitrogen and oxygen atoms in total. The minimum atomic E-state index is 0.0658. The summed E-state index contributed by atoms with van der Waals surface area (Å²) >= 11 is 1.61. The molecule has 0 N–H and O–H groups in total. The molecule has 2 rings (SSSR count). The topological polar surface area (TPSA) is 37.4 Å². The lowest BCUT2D eigenvalue weighted by Crippen LogP contribution is -2.42. The number of rotatable bonds is 4. The van der Waals surface area contributed by atoms with Crippen LogP contribution in [-0.2, 0) is 16.0 Å². The van der Waals surface area contributed by atoms with Gasteiger partial charge in [-0.3, -0.25) is 9.59 Å². The highest BCUT2D eigenvalue weighted by molar-refractivity contribution is 7.10. The number of likely N-dealkylation sites (tertiary alicyclic amines) is 1. The minimum Gasteiger partial charge on any atom is -0.342 e. The first kappa shape index (κ1) is 13.3. The Hall–Kier alpha value is -1.16. The molecule has 1 aromatic rings. The van der Waals surface area contributed by atoms with Gasteiger partial charge in [0.25, 0.3) is 0 Å². The third-order valence-electron chi connectivity index (χ3n) is 3.48. The lowest BCUT2D eigenvalue weighted by molar-refractivity contribution is -0.134. The molecule has 4 heteroatoms. The molecule has 0 saturated carbocycles. The zero-order chi connectivity index (χ0) is 13.0. The number of piperidine rings is 1. The van der Waals surface area contributed by atoms with E-state index in [9.17, 15) is 9.59 Å². The van der Waals surface area contributed by atoms with Crippen molar-refractivity contribution < 1.29 is 9.59 Å². The van der Waals surface area contributed by atoms with Gasteiger partial charge in [0.05, 0.1) is 6.42 Å². The predicted molar refractivity (Wildman–Crippen MR) is 72.6 cm³/mol. The molecule has 0 bridgehead atoms. The van der Waals surface area contributed by atoms with Gasteiger partial charge in [-0.05, 0) is 24.3 Å². The van der Waals surface area contributed by atoms with E-state index in [-0.39, 0.29) is 11.8 Å². The molecule has 0 spiro atoms. The lowest BCUT2D eigenvalue weighted by atomic mass is 9.92. The lowest BCUT2D eigenvalue weighted by Gasteiger charge is -2.32. The van der Waals surface area contributed by atoms with Crippen molar-refractivity contribution in [2.24, 2.45) is 5.92 Å². The Bertz CT molecular complexity index is 413. The molecule has 1 aliphatic rings. The average molecular weight is 265 g/mol. The summed E-state index contributed by atoms with van der Waals surface area (Å²) in [6.07, 6.45) is 2.95. The molecule has 1 aromatic heterocycles. The molecule has 1 saturated heterocycles. The van der Waals surface area contributed by atoms with E-state index in [0.717, 1.165) is 24.3 Å². The van der Waals surface area contributed by atoms with E-state index in [1.807, 2.05) is 29.3 Å². The van der Waals surface area contributed by atoms with Gasteiger partial charge in [0.15, 0.2) is 0 Å². The first-order valence-corrected chi connectivity index (χ1v) is 7.41. The Labute approximate surface area is 112 Å². The fourth-order valence-corrected chi connectivity index (χ4v) is 3.13. The maximum absolute atomic E-state index is 12.1. The van der Waals surface area contributed by atoms with E-state index in [1.165, 1.54) is 0 Å². The normalized spacial score (nSPS) is 19.8. The summed E-state index contributed by atoms with van der Waals surface area (Å²) < 4.78 is 0. The molecule has 0 aromatic carbocycles. The Morgan fingerprint density at radius 3 is 3.00 bits per heavy atom. The second-order valence-electron chi connectivity index (χ2n) is 4.75. The molecule has 1 atom stereocenters. The van der Waals surface area contributed by atoms with Crippen molar-refractivity contribution in [2.45, 2.75) is 32.6 Å². The van der Waals surface area contributed by atoms with Gasteiger partial charge in [0.2, 0.25) is 5.91 Å².